The van der Waals surface area contributed by atoms with Gasteiger partial charge in [-0.2, -0.15) is 0 Å². The van der Waals surface area contributed by atoms with Crippen LogP contribution in [0.1, 0.15) is 26.2 Å². The normalized spacial score (nSPS) is 18.7. The second-order valence-electron chi connectivity index (χ2n) is 5.55. The molecule has 1 aliphatic rings. The van der Waals surface area contributed by atoms with Crippen LogP contribution < -0.4 is 10.5 Å². The van der Waals surface area contributed by atoms with Crippen molar-refractivity contribution in [3.63, 3.8) is 0 Å². The third kappa shape index (κ3) is 5.07. The van der Waals surface area contributed by atoms with Crippen molar-refractivity contribution in [3.8, 4) is 5.75 Å². The molecule has 8 heteroatoms. The number of halogens is 1. The molecule has 1 fully saturated rings. The molecule has 2 rings (SSSR count). The zero-order chi connectivity index (χ0) is 16.1. The number of amides is 1. The number of ether oxygens (including phenoxy) is 1. The fourth-order valence-electron chi connectivity index (χ4n) is 2.73. The minimum Gasteiger partial charge on any atom is -0.484 e. The number of hydrogen-bond acceptors (Lipinski definition) is 5. The molecule has 0 aromatic heterocycles. The van der Waals surface area contributed by atoms with E-state index in [0.29, 0.717) is 12.3 Å². The van der Waals surface area contributed by atoms with Crippen molar-refractivity contribution in [1.29, 1.82) is 0 Å². The maximum absolute atomic E-state index is 12.3. The van der Waals surface area contributed by atoms with Gasteiger partial charge in [-0.25, -0.2) is 0 Å². The number of hydrogen-bond donors (Lipinski definition) is 1. The Labute approximate surface area is 141 Å². The van der Waals surface area contributed by atoms with Gasteiger partial charge in [0.05, 0.1) is 11.0 Å². The van der Waals surface area contributed by atoms with Crippen LogP contribution in [0.5, 0.6) is 5.75 Å². The summed E-state index contributed by atoms with van der Waals surface area (Å²) < 4.78 is 5.40. The molecule has 1 heterocycles. The number of benzene rings is 1. The Morgan fingerprint density at radius 3 is 2.91 bits per heavy atom. The molecule has 2 unspecified atom stereocenters. The summed E-state index contributed by atoms with van der Waals surface area (Å²) in [6.07, 6.45) is 2.94. The summed E-state index contributed by atoms with van der Waals surface area (Å²) in [4.78, 5) is 24.3. The number of non-ortho nitro benzene ring substituents is 1. The number of rotatable bonds is 5. The van der Waals surface area contributed by atoms with Crippen molar-refractivity contribution >= 4 is 24.0 Å². The molecule has 1 amide bonds. The van der Waals surface area contributed by atoms with Crippen LogP contribution in [0.3, 0.4) is 0 Å². The van der Waals surface area contributed by atoms with Crippen LogP contribution in [0.2, 0.25) is 0 Å². The highest BCUT2D eigenvalue weighted by atomic mass is 35.5. The molecule has 0 bridgehead atoms. The number of nitrogens with two attached hydrogens (primary N) is 1. The van der Waals surface area contributed by atoms with Crippen molar-refractivity contribution in [3.05, 3.63) is 34.4 Å². The second-order valence-corrected chi connectivity index (χ2v) is 5.55. The van der Waals surface area contributed by atoms with Crippen molar-refractivity contribution in [2.75, 3.05) is 13.2 Å². The summed E-state index contributed by atoms with van der Waals surface area (Å²) in [5.41, 5.74) is 5.89. The number of likely N-dealkylation sites (tertiary alicyclic amines) is 1. The molecule has 0 saturated carbocycles. The van der Waals surface area contributed by atoms with Gasteiger partial charge >= 0.3 is 0 Å². The van der Waals surface area contributed by atoms with E-state index in [1.165, 1.54) is 18.2 Å². The van der Waals surface area contributed by atoms with Crippen molar-refractivity contribution in [2.45, 2.75) is 38.3 Å². The van der Waals surface area contributed by atoms with Gasteiger partial charge in [-0.3, -0.25) is 14.9 Å². The van der Waals surface area contributed by atoms with Crippen molar-refractivity contribution < 1.29 is 14.5 Å². The van der Waals surface area contributed by atoms with Crippen LogP contribution in [0.4, 0.5) is 5.69 Å². The van der Waals surface area contributed by atoms with Crippen LogP contribution in [0.25, 0.3) is 0 Å². The average Bonchev–Trinajstić information content (AvgIpc) is 2.52. The Bertz CT molecular complexity index is 553. The van der Waals surface area contributed by atoms with Crippen LogP contribution in [0, 0.1) is 10.1 Å². The first-order chi connectivity index (χ1) is 10.5. The summed E-state index contributed by atoms with van der Waals surface area (Å²) in [6, 6.07) is 5.78. The predicted molar refractivity (Wildman–Crippen MR) is 88.8 cm³/mol. The highest BCUT2D eigenvalue weighted by molar-refractivity contribution is 5.85. The summed E-state index contributed by atoms with van der Waals surface area (Å²) >= 11 is 0. The monoisotopic (exact) mass is 343 g/mol. The molecule has 1 aliphatic heterocycles. The minimum absolute atomic E-state index is 0. The molecule has 0 aliphatic carbocycles. The maximum Gasteiger partial charge on any atom is 0.273 e. The van der Waals surface area contributed by atoms with E-state index >= 15 is 0 Å². The molecule has 23 heavy (non-hydrogen) atoms. The lowest BCUT2D eigenvalue weighted by Gasteiger charge is -2.37. The number of nitro benzene ring substituents is 1. The van der Waals surface area contributed by atoms with Crippen LogP contribution in [-0.4, -0.2) is 41.0 Å². The van der Waals surface area contributed by atoms with Crippen molar-refractivity contribution in [2.24, 2.45) is 5.73 Å². The van der Waals surface area contributed by atoms with E-state index in [4.69, 9.17) is 10.5 Å². The Morgan fingerprint density at radius 2 is 2.26 bits per heavy atom. The number of nitro groups is 1. The lowest BCUT2D eigenvalue weighted by molar-refractivity contribution is -0.384. The first-order valence-corrected chi connectivity index (χ1v) is 7.41. The zero-order valence-corrected chi connectivity index (χ0v) is 13.8. The van der Waals surface area contributed by atoms with E-state index in [0.717, 1.165) is 19.3 Å². The van der Waals surface area contributed by atoms with Crippen LogP contribution in [-0.2, 0) is 4.79 Å². The quantitative estimate of drug-likeness (QED) is 0.652. The fourth-order valence-corrected chi connectivity index (χ4v) is 2.73. The summed E-state index contributed by atoms with van der Waals surface area (Å²) in [7, 11) is 0. The first-order valence-electron chi connectivity index (χ1n) is 7.41. The maximum atomic E-state index is 12.3. The summed E-state index contributed by atoms with van der Waals surface area (Å²) in [5, 5.41) is 10.7. The lowest BCUT2D eigenvalue weighted by atomic mass is 9.97. The summed E-state index contributed by atoms with van der Waals surface area (Å²) in [5.74, 6) is 0.186. The van der Waals surface area contributed by atoms with Crippen molar-refractivity contribution in [1.82, 2.24) is 4.90 Å². The van der Waals surface area contributed by atoms with E-state index in [1.54, 1.807) is 11.0 Å². The first kappa shape index (κ1) is 19.2. The summed E-state index contributed by atoms with van der Waals surface area (Å²) in [6.45, 7) is 2.45. The number of nitrogens with zero attached hydrogens (tertiary/aromatic N) is 2. The van der Waals surface area contributed by atoms with Gasteiger partial charge in [0.15, 0.2) is 6.61 Å². The third-order valence-corrected chi connectivity index (χ3v) is 3.87. The number of piperidine rings is 1. The van der Waals surface area contributed by atoms with E-state index in [-0.39, 0.29) is 42.7 Å². The number of carbonyl (C=O) groups is 1. The molecule has 1 aromatic rings. The highest BCUT2D eigenvalue weighted by Crippen LogP contribution is 2.21. The van der Waals surface area contributed by atoms with E-state index < -0.39 is 4.92 Å². The zero-order valence-electron chi connectivity index (χ0n) is 13.0. The van der Waals surface area contributed by atoms with E-state index in [2.05, 4.69) is 0 Å². The molecule has 0 spiro atoms. The van der Waals surface area contributed by atoms with Gasteiger partial charge in [-0.05, 0) is 32.3 Å². The smallest absolute Gasteiger partial charge is 0.273 e. The fraction of sp³-hybridized carbons (Fsp3) is 0.533. The van der Waals surface area contributed by atoms with Gasteiger partial charge in [0.1, 0.15) is 5.75 Å². The lowest BCUT2D eigenvalue weighted by Crippen LogP contribution is -2.52. The van der Waals surface area contributed by atoms with Gasteiger partial charge in [0.2, 0.25) is 0 Å². The molecule has 1 aromatic carbocycles. The molecule has 2 N–H and O–H groups in total. The largest absolute Gasteiger partial charge is 0.484 e. The average molecular weight is 344 g/mol. The molecule has 128 valence electrons. The topological polar surface area (TPSA) is 98.7 Å². The Balaban J connectivity index is 0.00000264. The molecule has 7 nitrogen and oxygen atoms in total. The molecular weight excluding hydrogens is 322 g/mol. The molecule has 1 saturated heterocycles. The van der Waals surface area contributed by atoms with E-state index in [9.17, 15) is 14.9 Å². The Hall–Kier alpha value is -1.86. The van der Waals surface area contributed by atoms with Crippen LogP contribution in [0.15, 0.2) is 24.3 Å². The van der Waals surface area contributed by atoms with Gasteiger partial charge in [-0.15, -0.1) is 12.4 Å². The predicted octanol–water partition coefficient (Wildman–Crippen LogP) is 2.12. The third-order valence-electron chi connectivity index (χ3n) is 3.87. The minimum atomic E-state index is -0.495. The van der Waals surface area contributed by atoms with Gasteiger partial charge < -0.3 is 15.4 Å². The molecule has 0 radical (unpaired) electrons. The Kier molecular flexibility index (Phi) is 7.25. The van der Waals surface area contributed by atoms with Gasteiger partial charge in [0.25, 0.3) is 11.6 Å². The van der Waals surface area contributed by atoms with Crippen LogP contribution >= 0.6 is 12.4 Å². The van der Waals surface area contributed by atoms with Gasteiger partial charge in [-0.1, -0.05) is 6.07 Å². The Morgan fingerprint density at radius 1 is 1.52 bits per heavy atom. The van der Waals surface area contributed by atoms with E-state index in [1.807, 2.05) is 6.92 Å². The second kappa shape index (κ2) is 8.69. The standard InChI is InChI=1S/C15H21N3O4.ClH/c1-11(16)14-7-2-3-8-17(14)15(19)10-22-13-6-4-5-12(9-13)18(20)21;/h4-6,9,11,14H,2-3,7-8,10,16H2,1H3;1H. The van der Waals surface area contributed by atoms with Gasteiger partial charge in [0, 0.05) is 24.7 Å². The number of carbonyl (C=O) groups excluding carboxylic acids is 1. The SMILES string of the molecule is CC(N)C1CCCCN1C(=O)COc1cccc([N+](=O)[O-])c1.Cl. The molecule has 2 atom stereocenters. The highest BCUT2D eigenvalue weighted by Gasteiger charge is 2.29. The molecular formula is C15H22ClN3O4.